The first-order valence-electron chi connectivity index (χ1n) is 5.21. The molecule has 1 aromatic carbocycles. The molecule has 0 saturated heterocycles. The van der Waals surface area contributed by atoms with Crippen molar-refractivity contribution >= 4 is 28.3 Å². The van der Waals surface area contributed by atoms with Crippen LogP contribution in [-0.2, 0) is 0 Å². The van der Waals surface area contributed by atoms with Crippen LogP contribution in [0.5, 0.6) is 5.75 Å². The molecular weight excluding hydrogens is 317 g/mol. The fourth-order valence-corrected chi connectivity index (χ4v) is 1.75. The molecule has 0 unspecified atom stereocenters. The van der Waals surface area contributed by atoms with Gasteiger partial charge in [0.2, 0.25) is 0 Å². The summed E-state index contributed by atoms with van der Waals surface area (Å²) in [4.78, 5) is 0. The zero-order chi connectivity index (χ0) is 12.0. The van der Waals surface area contributed by atoms with E-state index in [-0.39, 0.29) is 0 Å². The van der Waals surface area contributed by atoms with Gasteiger partial charge >= 0.3 is 0 Å². The lowest BCUT2D eigenvalue weighted by Gasteiger charge is -2.11. The van der Waals surface area contributed by atoms with Crippen molar-refractivity contribution in [1.82, 2.24) is 5.01 Å². The smallest absolute Gasteiger partial charge is 0.120 e. The molecule has 0 aliphatic carbocycles. The van der Waals surface area contributed by atoms with Crippen molar-refractivity contribution in [2.24, 2.45) is 10.3 Å². The standard InChI is InChI=1S/C11H16IN3O/c1-4-15(5-2)14-13-11-7-6-9(16-3)8-10(11)12/h6-8H,4-5H2,1-3H3. The highest BCUT2D eigenvalue weighted by Gasteiger charge is 2.01. The lowest BCUT2D eigenvalue weighted by molar-refractivity contribution is 0.300. The number of methoxy groups -OCH3 is 1. The van der Waals surface area contributed by atoms with Gasteiger partial charge < -0.3 is 4.74 Å². The maximum absolute atomic E-state index is 5.13. The minimum absolute atomic E-state index is 0.839. The van der Waals surface area contributed by atoms with E-state index in [4.69, 9.17) is 4.74 Å². The van der Waals surface area contributed by atoms with Gasteiger partial charge in [0, 0.05) is 16.7 Å². The third-order valence-corrected chi connectivity index (χ3v) is 3.03. The highest BCUT2D eigenvalue weighted by atomic mass is 127. The van der Waals surface area contributed by atoms with Crippen LogP contribution in [0.3, 0.4) is 0 Å². The van der Waals surface area contributed by atoms with Gasteiger partial charge in [0.15, 0.2) is 0 Å². The third kappa shape index (κ3) is 3.62. The molecule has 0 aliphatic heterocycles. The van der Waals surface area contributed by atoms with Gasteiger partial charge in [-0.05, 0) is 54.6 Å². The zero-order valence-corrected chi connectivity index (χ0v) is 11.9. The number of rotatable bonds is 5. The Bertz CT molecular complexity index is 364. The topological polar surface area (TPSA) is 37.2 Å². The van der Waals surface area contributed by atoms with Crippen LogP contribution in [0.25, 0.3) is 0 Å². The summed E-state index contributed by atoms with van der Waals surface area (Å²) in [6.07, 6.45) is 0. The molecule has 16 heavy (non-hydrogen) atoms. The molecule has 0 bridgehead atoms. The van der Waals surface area contributed by atoms with Crippen molar-refractivity contribution in [3.8, 4) is 5.75 Å². The molecule has 0 saturated carbocycles. The molecule has 0 atom stereocenters. The van der Waals surface area contributed by atoms with Crippen LogP contribution < -0.4 is 4.74 Å². The van der Waals surface area contributed by atoms with Crippen LogP contribution in [-0.4, -0.2) is 25.2 Å². The van der Waals surface area contributed by atoms with Gasteiger partial charge in [0.25, 0.3) is 0 Å². The molecule has 0 fully saturated rings. The Labute approximate surface area is 110 Å². The van der Waals surface area contributed by atoms with Gasteiger partial charge in [-0.25, -0.2) is 0 Å². The van der Waals surface area contributed by atoms with Crippen LogP contribution >= 0.6 is 22.6 Å². The quantitative estimate of drug-likeness (QED) is 0.469. The molecule has 0 aromatic heterocycles. The van der Waals surface area contributed by atoms with E-state index in [0.717, 1.165) is 28.1 Å². The Hall–Kier alpha value is -0.850. The zero-order valence-electron chi connectivity index (χ0n) is 9.77. The number of halogens is 1. The molecule has 88 valence electrons. The van der Waals surface area contributed by atoms with E-state index in [9.17, 15) is 0 Å². The number of hydrogen-bond acceptors (Lipinski definition) is 3. The fourth-order valence-electron chi connectivity index (χ4n) is 1.16. The third-order valence-electron chi connectivity index (χ3n) is 2.16. The van der Waals surface area contributed by atoms with Crippen LogP contribution in [0.4, 0.5) is 5.69 Å². The minimum atomic E-state index is 0.839. The lowest BCUT2D eigenvalue weighted by Crippen LogP contribution is -2.14. The molecule has 4 nitrogen and oxygen atoms in total. The van der Waals surface area contributed by atoms with E-state index < -0.39 is 0 Å². The Morgan fingerprint density at radius 3 is 2.50 bits per heavy atom. The predicted octanol–water partition coefficient (Wildman–Crippen LogP) is 3.64. The maximum atomic E-state index is 5.13. The maximum Gasteiger partial charge on any atom is 0.120 e. The van der Waals surface area contributed by atoms with E-state index in [1.807, 2.05) is 23.2 Å². The van der Waals surface area contributed by atoms with E-state index >= 15 is 0 Å². The van der Waals surface area contributed by atoms with Gasteiger partial charge in [-0.1, -0.05) is 5.22 Å². The highest BCUT2D eigenvalue weighted by Crippen LogP contribution is 2.26. The summed E-state index contributed by atoms with van der Waals surface area (Å²) >= 11 is 2.23. The van der Waals surface area contributed by atoms with Gasteiger partial charge in [-0.3, -0.25) is 5.01 Å². The first-order chi connectivity index (χ1) is 7.71. The molecular formula is C11H16IN3O. The van der Waals surface area contributed by atoms with Crippen molar-refractivity contribution in [1.29, 1.82) is 0 Å². The molecule has 5 heteroatoms. The Balaban J connectivity index is 2.81. The molecule has 1 rings (SSSR count). The lowest BCUT2D eigenvalue weighted by atomic mass is 10.3. The predicted molar refractivity (Wildman–Crippen MR) is 73.1 cm³/mol. The number of nitrogens with zero attached hydrogens (tertiary/aromatic N) is 3. The van der Waals surface area contributed by atoms with Crippen LogP contribution in [0.1, 0.15) is 13.8 Å². The SMILES string of the molecule is CCN(CC)N=Nc1ccc(OC)cc1I. The Kier molecular flexibility index (Phi) is 5.51. The Morgan fingerprint density at radius 2 is 2.00 bits per heavy atom. The second-order valence-corrected chi connectivity index (χ2v) is 4.31. The molecule has 0 aliphatic rings. The van der Waals surface area contributed by atoms with Gasteiger partial charge in [0.05, 0.1) is 7.11 Å². The van der Waals surface area contributed by atoms with Gasteiger partial charge in [-0.15, -0.1) is 5.11 Å². The molecule has 0 radical (unpaired) electrons. The highest BCUT2D eigenvalue weighted by molar-refractivity contribution is 14.1. The van der Waals surface area contributed by atoms with Crippen LogP contribution in [0, 0.1) is 3.57 Å². The fraction of sp³-hybridized carbons (Fsp3) is 0.455. The van der Waals surface area contributed by atoms with E-state index in [2.05, 4.69) is 46.8 Å². The normalized spacial score (nSPS) is 10.8. The molecule has 1 aromatic rings. The van der Waals surface area contributed by atoms with Crippen molar-refractivity contribution in [2.45, 2.75) is 13.8 Å². The number of hydrogen-bond donors (Lipinski definition) is 0. The largest absolute Gasteiger partial charge is 0.497 e. The number of benzene rings is 1. The molecule has 0 spiro atoms. The van der Waals surface area contributed by atoms with E-state index in [1.54, 1.807) is 7.11 Å². The first-order valence-corrected chi connectivity index (χ1v) is 6.29. The molecule has 0 N–H and O–H groups in total. The van der Waals surface area contributed by atoms with Crippen molar-refractivity contribution in [3.63, 3.8) is 0 Å². The van der Waals surface area contributed by atoms with Gasteiger partial charge in [0.1, 0.15) is 11.4 Å². The summed E-state index contributed by atoms with van der Waals surface area (Å²) in [6, 6.07) is 5.74. The Morgan fingerprint density at radius 1 is 1.31 bits per heavy atom. The van der Waals surface area contributed by atoms with Crippen LogP contribution in [0.2, 0.25) is 0 Å². The summed E-state index contributed by atoms with van der Waals surface area (Å²) < 4.78 is 6.17. The second kappa shape index (κ2) is 6.67. The summed E-state index contributed by atoms with van der Waals surface area (Å²) in [5, 5.41) is 10.3. The summed E-state index contributed by atoms with van der Waals surface area (Å²) in [5.41, 5.74) is 0.869. The average Bonchev–Trinajstić information content (AvgIpc) is 2.32. The van der Waals surface area contributed by atoms with Crippen molar-refractivity contribution in [2.75, 3.05) is 20.2 Å². The van der Waals surface area contributed by atoms with Gasteiger partial charge in [-0.2, -0.15) is 0 Å². The monoisotopic (exact) mass is 333 g/mol. The average molecular weight is 333 g/mol. The van der Waals surface area contributed by atoms with E-state index in [0.29, 0.717) is 0 Å². The van der Waals surface area contributed by atoms with Crippen molar-refractivity contribution < 1.29 is 4.74 Å². The molecule has 0 amide bonds. The summed E-state index contributed by atoms with van der Waals surface area (Å²) in [6.45, 7) is 5.85. The second-order valence-electron chi connectivity index (χ2n) is 3.15. The summed E-state index contributed by atoms with van der Waals surface area (Å²) in [7, 11) is 1.66. The molecule has 0 heterocycles. The first kappa shape index (κ1) is 13.2. The van der Waals surface area contributed by atoms with E-state index in [1.165, 1.54) is 0 Å². The summed E-state index contributed by atoms with van der Waals surface area (Å²) in [5.74, 6) is 0.839. The van der Waals surface area contributed by atoms with Crippen LogP contribution in [0.15, 0.2) is 28.5 Å². The number of ether oxygens (including phenoxy) is 1. The van der Waals surface area contributed by atoms with Crippen molar-refractivity contribution in [3.05, 3.63) is 21.8 Å². The minimum Gasteiger partial charge on any atom is -0.497 e.